The fourth-order valence-electron chi connectivity index (χ4n) is 2.65. The Labute approximate surface area is 162 Å². The van der Waals surface area contributed by atoms with E-state index in [1.54, 1.807) is 12.1 Å². The van der Waals surface area contributed by atoms with E-state index in [1.165, 1.54) is 11.8 Å². The van der Waals surface area contributed by atoms with Crippen LogP contribution in [0.3, 0.4) is 0 Å². The van der Waals surface area contributed by atoms with Crippen LogP contribution in [-0.4, -0.2) is 14.7 Å². The van der Waals surface area contributed by atoms with Crippen LogP contribution < -0.4 is 10.3 Å². The number of alkyl halides is 3. The fraction of sp³-hybridized carbons (Fsp3) is 0.167. The van der Waals surface area contributed by atoms with E-state index in [0.29, 0.717) is 6.07 Å². The summed E-state index contributed by atoms with van der Waals surface area (Å²) in [5, 5.41) is -0.500. The van der Waals surface area contributed by atoms with Crippen LogP contribution in [0.15, 0.2) is 67.5 Å². The average Bonchev–Trinajstić information content (AvgIpc) is 2.64. The van der Waals surface area contributed by atoms with Crippen LogP contribution in [0.1, 0.15) is 11.1 Å². The van der Waals surface area contributed by atoms with Crippen LogP contribution >= 0.6 is 11.8 Å². The summed E-state index contributed by atoms with van der Waals surface area (Å²) in [6.07, 6.45) is -2.98. The SMILES string of the molecule is CSc1ccccc1CNS(=O)(=O)c1ccc2oc(=O)cc(C(F)(F)F)c2c1. The van der Waals surface area contributed by atoms with Crippen molar-refractivity contribution in [2.24, 2.45) is 0 Å². The summed E-state index contributed by atoms with van der Waals surface area (Å²) >= 11 is 1.45. The van der Waals surface area contributed by atoms with E-state index >= 15 is 0 Å². The zero-order valence-electron chi connectivity index (χ0n) is 14.4. The molecule has 5 nitrogen and oxygen atoms in total. The van der Waals surface area contributed by atoms with E-state index in [4.69, 9.17) is 4.42 Å². The smallest absolute Gasteiger partial charge is 0.417 e. The highest BCUT2D eigenvalue weighted by molar-refractivity contribution is 7.98. The molecule has 0 saturated carbocycles. The molecule has 0 saturated heterocycles. The third-order valence-electron chi connectivity index (χ3n) is 3.97. The first kappa shape index (κ1) is 20.4. The largest absolute Gasteiger partial charge is 0.423 e. The fourth-order valence-corrected chi connectivity index (χ4v) is 4.30. The van der Waals surface area contributed by atoms with Gasteiger partial charge in [-0.2, -0.15) is 13.2 Å². The Bertz CT molecular complexity index is 1190. The standard InChI is InChI=1S/C18H14F3NO4S2/c1-27-16-5-3-2-4-11(16)10-22-28(24,25)12-6-7-15-13(8-12)14(18(19,20)21)9-17(23)26-15/h2-9,22H,10H2,1H3. The van der Waals surface area contributed by atoms with Gasteiger partial charge in [-0.1, -0.05) is 18.2 Å². The van der Waals surface area contributed by atoms with Gasteiger partial charge in [-0.15, -0.1) is 11.8 Å². The molecule has 0 fully saturated rings. The Morgan fingerprint density at radius 1 is 1.11 bits per heavy atom. The van der Waals surface area contributed by atoms with Gasteiger partial charge in [0.05, 0.1) is 10.5 Å². The van der Waals surface area contributed by atoms with E-state index in [9.17, 15) is 26.4 Å². The second-order valence-corrected chi connectivity index (χ2v) is 8.39. The van der Waals surface area contributed by atoms with Crippen molar-refractivity contribution in [3.63, 3.8) is 0 Å². The van der Waals surface area contributed by atoms with Crippen LogP contribution in [0.2, 0.25) is 0 Å². The normalized spacial score (nSPS) is 12.4. The molecule has 0 spiro atoms. The quantitative estimate of drug-likeness (QED) is 0.490. The number of nitrogens with one attached hydrogen (secondary N) is 1. The zero-order chi connectivity index (χ0) is 20.5. The van der Waals surface area contributed by atoms with E-state index in [1.807, 2.05) is 18.4 Å². The van der Waals surface area contributed by atoms with Crippen molar-refractivity contribution in [1.82, 2.24) is 4.72 Å². The molecule has 0 unspecified atom stereocenters. The van der Waals surface area contributed by atoms with Gasteiger partial charge in [0.2, 0.25) is 10.0 Å². The summed E-state index contributed by atoms with van der Waals surface area (Å²) in [5.41, 5.74) is -2.02. The molecule has 0 bridgehead atoms. The summed E-state index contributed by atoms with van der Waals surface area (Å²) in [6.45, 7) is -0.0205. The summed E-state index contributed by atoms with van der Waals surface area (Å²) in [6, 6.07) is 10.5. The highest BCUT2D eigenvalue weighted by Crippen LogP contribution is 2.34. The number of hydrogen-bond donors (Lipinski definition) is 1. The Balaban J connectivity index is 2.00. The predicted molar refractivity (Wildman–Crippen MR) is 99.7 cm³/mol. The van der Waals surface area contributed by atoms with Crippen molar-refractivity contribution in [3.05, 3.63) is 70.1 Å². The third kappa shape index (κ3) is 4.23. The molecule has 0 atom stereocenters. The van der Waals surface area contributed by atoms with E-state index in [0.717, 1.165) is 28.7 Å². The van der Waals surface area contributed by atoms with Crippen LogP contribution in [0.25, 0.3) is 11.0 Å². The maximum Gasteiger partial charge on any atom is 0.417 e. The highest BCUT2D eigenvalue weighted by atomic mass is 32.2. The lowest BCUT2D eigenvalue weighted by Gasteiger charge is -2.12. The van der Waals surface area contributed by atoms with Crippen molar-refractivity contribution in [2.45, 2.75) is 22.5 Å². The molecule has 0 aliphatic rings. The molecule has 0 amide bonds. The molecule has 0 aliphatic carbocycles. The second-order valence-electron chi connectivity index (χ2n) is 5.77. The topological polar surface area (TPSA) is 76.4 Å². The van der Waals surface area contributed by atoms with Gasteiger partial charge < -0.3 is 4.42 Å². The molecule has 3 aromatic rings. The van der Waals surface area contributed by atoms with Crippen LogP contribution in [0.4, 0.5) is 13.2 Å². The molecule has 2 aromatic carbocycles. The van der Waals surface area contributed by atoms with E-state index < -0.39 is 32.8 Å². The summed E-state index contributed by atoms with van der Waals surface area (Å²) < 4.78 is 72.0. The first-order chi connectivity index (χ1) is 13.1. The van der Waals surface area contributed by atoms with Crippen molar-refractivity contribution < 1.29 is 26.0 Å². The van der Waals surface area contributed by atoms with Crippen molar-refractivity contribution in [3.8, 4) is 0 Å². The molecule has 1 aromatic heterocycles. The first-order valence-electron chi connectivity index (χ1n) is 7.88. The molecular weight excluding hydrogens is 415 g/mol. The van der Waals surface area contributed by atoms with E-state index in [2.05, 4.69) is 4.72 Å². The Morgan fingerprint density at radius 3 is 2.50 bits per heavy atom. The van der Waals surface area contributed by atoms with E-state index in [-0.39, 0.29) is 17.0 Å². The minimum Gasteiger partial charge on any atom is -0.423 e. The van der Waals surface area contributed by atoms with Crippen molar-refractivity contribution in [2.75, 3.05) is 6.26 Å². The Kier molecular flexibility index (Phi) is 5.55. The van der Waals surface area contributed by atoms with Crippen molar-refractivity contribution >= 4 is 32.8 Å². The van der Waals surface area contributed by atoms with Crippen molar-refractivity contribution in [1.29, 1.82) is 0 Å². The van der Waals surface area contributed by atoms with Gasteiger partial charge in [-0.3, -0.25) is 0 Å². The van der Waals surface area contributed by atoms with Crippen LogP contribution in [0, 0.1) is 0 Å². The summed E-state index contributed by atoms with van der Waals surface area (Å²) in [5.74, 6) is 0. The zero-order valence-corrected chi connectivity index (χ0v) is 16.0. The molecule has 0 aliphatic heterocycles. The predicted octanol–water partition coefficient (Wildman–Crippen LogP) is 4.01. The monoisotopic (exact) mass is 429 g/mol. The number of hydrogen-bond acceptors (Lipinski definition) is 5. The maximum atomic E-state index is 13.2. The molecule has 1 heterocycles. The van der Waals surface area contributed by atoms with Gasteiger partial charge in [0.15, 0.2) is 0 Å². The lowest BCUT2D eigenvalue weighted by Crippen LogP contribution is -2.23. The first-order valence-corrected chi connectivity index (χ1v) is 10.6. The number of halogens is 3. The van der Waals surface area contributed by atoms with Gasteiger partial charge >= 0.3 is 11.8 Å². The second kappa shape index (κ2) is 7.61. The molecule has 0 radical (unpaired) electrons. The number of rotatable bonds is 5. The third-order valence-corrected chi connectivity index (χ3v) is 6.21. The Hall–Kier alpha value is -2.30. The van der Waals surface area contributed by atoms with Crippen LogP contribution in [0.5, 0.6) is 0 Å². The Morgan fingerprint density at radius 2 is 1.82 bits per heavy atom. The minimum atomic E-state index is -4.83. The average molecular weight is 429 g/mol. The number of benzene rings is 2. The van der Waals surface area contributed by atoms with Gasteiger partial charge in [-0.05, 0) is 36.1 Å². The van der Waals surface area contributed by atoms with Gasteiger partial charge in [-0.25, -0.2) is 17.9 Å². The van der Waals surface area contributed by atoms with Gasteiger partial charge in [0.1, 0.15) is 5.58 Å². The molecular formula is C18H14F3NO4S2. The highest BCUT2D eigenvalue weighted by Gasteiger charge is 2.34. The molecule has 28 heavy (non-hydrogen) atoms. The van der Waals surface area contributed by atoms with Gasteiger partial charge in [0, 0.05) is 22.9 Å². The lowest BCUT2D eigenvalue weighted by molar-refractivity contribution is -0.136. The molecule has 148 valence electrons. The number of fused-ring (bicyclic) bond motifs is 1. The molecule has 1 N–H and O–H groups in total. The molecule has 10 heteroatoms. The van der Waals surface area contributed by atoms with Gasteiger partial charge in [0.25, 0.3) is 0 Å². The minimum absolute atomic E-state index is 0.0205. The number of sulfonamides is 1. The summed E-state index contributed by atoms with van der Waals surface area (Å²) in [4.78, 5) is 11.9. The maximum absolute atomic E-state index is 13.2. The lowest BCUT2D eigenvalue weighted by atomic mass is 10.1. The summed E-state index contributed by atoms with van der Waals surface area (Å²) in [7, 11) is -4.09. The number of thioether (sulfide) groups is 1. The molecule has 3 rings (SSSR count). The van der Waals surface area contributed by atoms with Crippen LogP contribution in [-0.2, 0) is 22.7 Å².